The van der Waals surface area contributed by atoms with Gasteiger partial charge in [-0.25, -0.2) is 13.1 Å². The van der Waals surface area contributed by atoms with Crippen molar-refractivity contribution in [1.82, 2.24) is 9.78 Å². The van der Waals surface area contributed by atoms with Crippen molar-refractivity contribution in [1.29, 1.82) is 0 Å². The van der Waals surface area contributed by atoms with E-state index in [0.717, 1.165) is 10.6 Å². The molecule has 0 saturated heterocycles. The highest BCUT2D eigenvalue weighted by atomic mass is 32.2. The zero-order chi connectivity index (χ0) is 22.7. The molecule has 0 atom stereocenters. The molecule has 1 amide bonds. The summed E-state index contributed by atoms with van der Waals surface area (Å²) in [5, 5.41) is 9.05. The average Bonchev–Trinajstić information content (AvgIpc) is 3.44. The Bertz CT molecular complexity index is 1350. The monoisotopic (exact) mass is 468 g/mol. The third-order valence-electron chi connectivity index (χ3n) is 4.51. The summed E-state index contributed by atoms with van der Waals surface area (Å²) in [6, 6.07) is 17.6. The number of thiophene rings is 1. The first kappa shape index (κ1) is 21.6. The molecule has 4 aromatic rings. The summed E-state index contributed by atoms with van der Waals surface area (Å²) in [6.07, 6.45) is 1.48. The molecular weight excluding hydrogens is 448 g/mol. The van der Waals surface area contributed by atoms with E-state index in [1.54, 1.807) is 12.1 Å². The fourth-order valence-corrected chi connectivity index (χ4v) is 5.11. The summed E-state index contributed by atoms with van der Waals surface area (Å²) in [4.78, 5) is 12.2. The molecule has 0 aliphatic heterocycles. The molecule has 2 heterocycles. The molecule has 164 valence electrons. The molecule has 0 unspecified atom stereocenters. The van der Waals surface area contributed by atoms with Crippen LogP contribution in [0, 0.1) is 0 Å². The second-order valence-electron chi connectivity index (χ2n) is 6.80. The summed E-state index contributed by atoms with van der Waals surface area (Å²) >= 11 is 1.40. The minimum Gasteiger partial charge on any atom is -0.495 e. The highest BCUT2D eigenvalue weighted by Crippen LogP contribution is 2.34. The van der Waals surface area contributed by atoms with Gasteiger partial charge in [-0.1, -0.05) is 24.3 Å². The van der Waals surface area contributed by atoms with Crippen LogP contribution >= 0.6 is 11.3 Å². The number of benzene rings is 2. The number of hydrogen-bond donors (Lipinski definition) is 2. The van der Waals surface area contributed by atoms with Gasteiger partial charge in [0.25, 0.3) is 10.0 Å². The molecule has 2 N–H and O–H groups in total. The van der Waals surface area contributed by atoms with E-state index in [2.05, 4.69) is 15.1 Å². The van der Waals surface area contributed by atoms with Crippen molar-refractivity contribution in [3.8, 4) is 22.0 Å². The lowest BCUT2D eigenvalue weighted by Crippen LogP contribution is -2.14. The fourth-order valence-electron chi connectivity index (χ4n) is 3.12. The molecule has 2 aromatic carbocycles. The molecule has 2 aromatic heterocycles. The Balaban J connectivity index is 1.79. The van der Waals surface area contributed by atoms with Gasteiger partial charge in [0.2, 0.25) is 5.91 Å². The second-order valence-corrected chi connectivity index (χ2v) is 9.40. The lowest BCUT2D eigenvalue weighted by molar-refractivity contribution is -0.114. The predicted molar refractivity (Wildman–Crippen MR) is 125 cm³/mol. The largest absolute Gasteiger partial charge is 0.495 e. The van der Waals surface area contributed by atoms with Gasteiger partial charge in [-0.2, -0.15) is 5.10 Å². The zero-order valence-corrected chi connectivity index (χ0v) is 18.9. The standard InChI is InChI=1S/C22H20N4O4S2/c1-15(27)23-16-10-11-19(30-2)18(13-16)25-32(28,29)21-14-26(17-7-4-3-5-8-17)24-22(21)20-9-6-12-31-20/h3-14,25H,1-2H3,(H,23,27). The highest BCUT2D eigenvalue weighted by molar-refractivity contribution is 7.92. The smallest absolute Gasteiger partial charge is 0.265 e. The number of carbonyl (C=O) groups is 1. The SMILES string of the molecule is COc1ccc(NC(C)=O)cc1NS(=O)(=O)c1cn(-c2ccccc2)nc1-c1cccs1. The summed E-state index contributed by atoms with van der Waals surface area (Å²) in [7, 11) is -2.61. The van der Waals surface area contributed by atoms with Crippen LogP contribution in [0.2, 0.25) is 0 Å². The van der Waals surface area contributed by atoms with E-state index in [1.807, 2.05) is 47.8 Å². The van der Waals surface area contributed by atoms with E-state index in [-0.39, 0.29) is 16.5 Å². The van der Waals surface area contributed by atoms with Gasteiger partial charge in [-0.3, -0.25) is 9.52 Å². The first-order chi connectivity index (χ1) is 15.4. The van der Waals surface area contributed by atoms with Crippen LogP contribution in [0.25, 0.3) is 16.3 Å². The summed E-state index contributed by atoms with van der Waals surface area (Å²) in [5.41, 5.74) is 1.71. The molecular formula is C22H20N4O4S2. The Hall–Kier alpha value is -3.63. The van der Waals surface area contributed by atoms with Crippen LogP contribution in [-0.2, 0) is 14.8 Å². The first-order valence-corrected chi connectivity index (χ1v) is 11.9. The molecule has 0 radical (unpaired) electrons. The van der Waals surface area contributed by atoms with E-state index in [0.29, 0.717) is 17.1 Å². The van der Waals surface area contributed by atoms with Crippen molar-refractivity contribution in [2.75, 3.05) is 17.1 Å². The van der Waals surface area contributed by atoms with Crippen LogP contribution in [0.5, 0.6) is 5.75 Å². The number of nitrogens with zero attached hydrogens (tertiary/aromatic N) is 2. The number of para-hydroxylation sites is 1. The predicted octanol–water partition coefficient (Wildman–Crippen LogP) is 4.37. The molecule has 0 fully saturated rings. The summed E-state index contributed by atoms with van der Waals surface area (Å²) < 4.78 is 36.3. The quantitative estimate of drug-likeness (QED) is 0.419. The second kappa shape index (κ2) is 8.85. The van der Waals surface area contributed by atoms with Crippen molar-refractivity contribution in [3.63, 3.8) is 0 Å². The van der Waals surface area contributed by atoms with Gasteiger partial charge < -0.3 is 10.1 Å². The van der Waals surface area contributed by atoms with Gasteiger partial charge in [-0.05, 0) is 41.8 Å². The van der Waals surface area contributed by atoms with Crippen LogP contribution in [0.15, 0.2) is 77.1 Å². The molecule has 0 saturated carbocycles. The van der Waals surface area contributed by atoms with E-state index in [4.69, 9.17) is 4.74 Å². The number of nitrogens with one attached hydrogen (secondary N) is 2. The summed E-state index contributed by atoms with van der Waals surface area (Å²) in [5.74, 6) is 0.0453. The van der Waals surface area contributed by atoms with Gasteiger partial charge in [-0.15, -0.1) is 11.3 Å². The molecule has 4 rings (SSSR count). The van der Waals surface area contributed by atoms with Crippen molar-refractivity contribution in [3.05, 3.63) is 72.2 Å². The van der Waals surface area contributed by atoms with Gasteiger partial charge in [0.05, 0.1) is 29.6 Å². The van der Waals surface area contributed by atoms with Crippen LogP contribution in [0.1, 0.15) is 6.92 Å². The average molecular weight is 469 g/mol. The van der Waals surface area contributed by atoms with Gasteiger partial charge in [0.15, 0.2) is 0 Å². The minimum atomic E-state index is -4.05. The third kappa shape index (κ3) is 4.51. The Labute approximate surface area is 189 Å². The van der Waals surface area contributed by atoms with Gasteiger partial charge in [0, 0.05) is 12.6 Å². The molecule has 32 heavy (non-hydrogen) atoms. The number of anilines is 2. The maximum Gasteiger partial charge on any atom is 0.265 e. The van der Waals surface area contributed by atoms with E-state index in [9.17, 15) is 13.2 Å². The fraction of sp³-hybridized carbons (Fsp3) is 0.0909. The van der Waals surface area contributed by atoms with Crippen molar-refractivity contribution >= 4 is 38.6 Å². The lowest BCUT2D eigenvalue weighted by Gasteiger charge is -2.13. The zero-order valence-electron chi connectivity index (χ0n) is 17.3. The number of methoxy groups -OCH3 is 1. The number of sulfonamides is 1. The molecule has 0 aliphatic rings. The first-order valence-electron chi connectivity index (χ1n) is 9.55. The number of ether oxygens (including phenoxy) is 1. The van der Waals surface area contributed by atoms with Gasteiger partial charge >= 0.3 is 0 Å². The Morgan fingerprint density at radius 2 is 1.88 bits per heavy atom. The summed E-state index contributed by atoms with van der Waals surface area (Å²) in [6.45, 7) is 1.37. The topological polar surface area (TPSA) is 102 Å². The highest BCUT2D eigenvalue weighted by Gasteiger charge is 2.26. The number of amides is 1. The van der Waals surface area contributed by atoms with E-state index < -0.39 is 10.0 Å². The van der Waals surface area contributed by atoms with Crippen LogP contribution in [0.3, 0.4) is 0 Å². The van der Waals surface area contributed by atoms with Crippen LogP contribution in [-0.4, -0.2) is 31.2 Å². The lowest BCUT2D eigenvalue weighted by atomic mass is 10.2. The number of carbonyl (C=O) groups excluding carboxylic acids is 1. The normalized spacial score (nSPS) is 11.2. The Morgan fingerprint density at radius 1 is 1.09 bits per heavy atom. The van der Waals surface area contributed by atoms with Crippen molar-refractivity contribution in [2.24, 2.45) is 0 Å². The van der Waals surface area contributed by atoms with Crippen molar-refractivity contribution in [2.45, 2.75) is 11.8 Å². The molecule has 0 spiro atoms. The van der Waals surface area contributed by atoms with Crippen LogP contribution < -0.4 is 14.8 Å². The minimum absolute atomic E-state index is 0.0239. The molecule has 8 nitrogen and oxygen atoms in total. The number of aromatic nitrogens is 2. The Kier molecular flexibility index (Phi) is 5.97. The van der Waals surface area contributed by atoms with E-state index in [1.165, 1.54) is 42.3 Å². The molecule has 0 bridgehead atoms. The van der Waals surface area contributed by atoms with Crippen molar-refractivity contribution < 1.29 is 17.9 Å². The molecule has 0 aliphatic carbocycles. The third-order valence-corrected chi connectivity index (χ3v) is 6.75. The van der Waals surface area contributed by atoms with Gasteiger partial charge in [0.1, 0.15) is 16.3 Å². The molecule has 10 heteroatoms. The maximum absolute atomic E-state index is 13.5. The number of rotatable bonds is 7. The number of hydrogen-bond acceptors (Lipinski definition) is 6. The van der Waals surface area contributed by atoms with Crippen LogP contribution in [0.4, 0.5) is 11.4 Å². The van der Waals surface area contributed by atoms with E-state index >= 15 is 0 Å². The Morgan fingerprint density at radius 3 is 2.53 bits per heavy atom. The maximum atomic E-state index is 13.5.